The third kappa shape index (κ3) is 8.64. The number of halogens is 5. The number of rotatable bonds is 9. The van der Waals surface area contributed by atoms with Crippen molar-refractivity contribution in [1.82, 2.24) is 24.8 Å². The Morgan fingerprint density at radius 3 is 2.47 bits per heavy atom. The lowest BCUT2D eigenvalue weighted by molar-refractivity contribution is -0.138. The Labute approximate surface area is 263 Å². The summed E-state index contributed by atoms with van der Waals surface area (Å²) in [6.45, 7) is 8.64. The molecule has 2 N–H and O–H groups in total. The fourth-order valence-corrected chi connectivity index (χ4v) is 6.74. The molecule has 2 aromatic heterocycles. The molecule has 0 unspecified atom stereocenters. The molecule has 4 heterocycles. The van der Waals surface area contributed by atoms with E-state index in [0.717, 1.165) is 49.4 Å². The monoisotopic (exact) mass is 655 g/mol. The van der Waals surface area contributed by atoms with Gasteiger partial charge in [-0.1, -0.05) is 32.6 Å². The van der Waals surface area contributed by atoms with Crippen LogP contribution in [0.4, 0.5) is 38.7 Å². The average molecular weight is 656 g/mol. The van der Waals surface area contributed by atoms with E-state index in [1.807, 2.05) is 4.90 Å². The van der Waals surface area contributed by atoms with Crippen molar-refractivity contribution in [2.24, 2.45) is 5.41 Å². The smallest absolute Gasteiger partial charge is 0.416 e. The zero-order chi connectivity index (χ0) is 31.6. The van der Waals surface area contributed by atoms with Crippen molar-refractivity contribution < 1.29 is 31.9 Å². The van der Waals surface area contributed by atoms with Gasteiger partial charge < -0.3 is 15.3 Å². The maximum atomic E-state index is 15.7. The van der Waals surface area contributed by atoms with Gasteiger partial charge in [-0.15, -0.1) is 0 Å². The summed E-state index contributed by atoms with van der Waals surface area (Å²) in [5, 5.41) is 12.0. The number of carboxylic acids is 1. The Kier molecular flexibility index (Phi) is 10.6. The zero-order valence-corrected chi connectivity index (χ0v) is 25.2. The fourth-order valence-electron chi connectivity index (χ4n) is 5.72. The van der Waals surface area contributed by atoms with E-state index in [2.05, 4.69) is 39.0 Å². The summed E-state index contributed by atoms with van der Waals surface area (Å²) in [6, 6.07) is 2.36. The highest BCUT2D eigenvalue weighted by molar-refractivity contribution is 7.16. The number of piperazine rings is 1. The van der Waals surface area contributed by atoms with E-state index in [9.17, 15) is 22.4 Å². The lowest BCUT2D eigenvalue weighted by Gasteiger charge is -2.37. The van der Waals surface area contributed by atoms with Gasteiger partial charge in [0.1, 0.15) is 12.1 Å². The van der Waals surface area contributed by atoms with Crippen molar-refractivity contribution in [3.63, 3.8) is 0 Å². The zero-order valence-electron chi connectivity index (χ0n) is 24.4. The molecule has 0 aliphatic carbocycles. The summed E-state index contributed by atoms with van der Waals surface area (Å²) in [4.78, 5) is 30.1. The van der Waals surface area contributed by atoms with E-state index in [1.165, 1.54) is 6.33 Å². The molecule has 2 fully saturated rings. The number of carboxylic acid groups (broad SMARTS) is 1. The standard InChI is InChI=1S/C29H34F5N7O2S.CH4/c1-28(2)5-3-6-40(16-28)15-21-24(18-12-19(29(32,33)34)14-20(30)13-18)37-27(44-21)38-25-23(31)26(36-17-35-25)41-10-8-39(9-11-41)7-4-22(42)43;/h12-14,17H,3-11,15-16H2,1-2H3,(H,42,43)(H,35,36,37,38);1H4. The van der Waals surface area contributed by atoms with Crippen LogP contribution in [0.3, 0.4) is 0 Å². The summed E-state index contributed by atoms with van der Waals surface area (Å²) in [7, 11) is 0. The Morgan fingerprint density at radius 1 is 1.07 bits per heavy atom. The molecule has 9 nitrogen and oxygen atoms in total. The summed E-state index contributed by atoms with van der Waals surface area (Å²) in [6.07, 6.45) is -1.49. The van der Waals surface area contributed by atoms with Crippen LogP contribution in [0.5, 0.6) is 0 Å². The van der Waals surface area contributed by atoms with E-state index >= 15 is 4.39 Å². The molecular weight excluding hydrogens is 617 g/mol. The minimum absolute atomic E-state index is 0. The largest absolute Gasteiger partial charge is 0.481 e. The lowest BCUT2D eigenvalue weighted by atomic mass is 9.84. The molecule has 0 atom stereocenters. The van der Waals surface area contributed by atoms with Gasteiger partial charge in [0.25, 0.3) is 0 Å². The molecule has 246 valence electrons. The van der Waals surface area contributed by atoms with E-state index in [0.29, 0.717) is 50.2 Å². The number of piperidine rings is 1. The van der Waals surface area contributed by atoms with E-state index in [4.69, 9.17) is 5.11 Å². The molecule has 0 amide bonds. The molecule has 2 saturated heterocycles. The van der Waals surface area contributed by atoms with Crippen molar-refractivity contribution in [3.05, 3.63) is 46.6 Å². The van der Waals surface area contributed by atoms with Crippen LogP contribution in [0.2, 0.25) is 0 Å². The van der Waals surface area contributed by atoms with Gasteiger partial charge in [0.05, 0.1) is 17.7 Å². The molecule has 0 radical (unpaired) electrons. The number of hydrogen-bond acceptors (Lipinski definition) is 9. The molecule has 3 aromatic rings. The van der Waals surface area contributed by atoms with Gasteiger partial charge in [-0.2, -0.15) is 17.6 Å². The van der Waals surface area contributed by atoms with Crippen LogP contribution < -0.4 is 10.2 Å². The fraction of sp³-hybridized carbons (Fsp3) is 0.533. The normalized spacial score (nSPS) is 17.6. The first-order valence-corrected chi connectivity index (χ1v) is 15.2. The Balaban J connectivity index is 0.00000461. The van der Waals surface area contributed by atoms with Crippen LogP contribution in [-0.2, 0) is 17.5 Å². The highest BCUT2D eigenvalue weighted by Gasteiger charge is 2.33. The van der Waals surface area contributed by atoms with Crippen molar-refractivity contribution in [1.29, 1.82) is 0 Å². The Hall–Kier alpha value is -3.43. The van der Waals surface area contributed by atoms with Crippen LogP contribution in [-0.4, -0.2) is 81.6 Å². The van der Waals surface area contributed by atoms with E-state index < -0.39 is 29.3 Å². The topological polar surface area (TPSA) is 97.7 Å². The van der Waals surface area contributed by atoms with Crippen LogP contribution >= 0.6 is 11.3 Å². The van der Waals surface area contributed by atoms with Crippen LogP contribution in [0.1, 0.15) is 51.0 Å². The minimum atomic E-state index is -4.74. The Morgan fingerprint density at radius 2 is 1.80 bits per heavy atom. The molecule has 15 heteroatoms. The van der Waals surface area contributed by atoms with Crippen molar-refractivity contribution >= 4 is 34.1 Å². The van der Waals surface area contributed by atoms with Crippen molar-refractivity contribution in [2.75, 3.05) is 56.0 Å². The van der Waals surface area contributed by atoms with Gasteiger partial charge in [0.2, 0.25) is 5.82 Å². The molecule has 0 saturated carbocycles. The van der Waals surface area contributed by atoms with Crippen molar-refractivity contribution in [3.8, 4) is 11.3 Å². The number of alkyl halides is 3. The number of nitrogens with zero attached hydrogens (tertiary/aromatic N) is 6. The van der Waals surface area contributed by atoms with Crippen LogP contribution in [0, 0.1) is 17.0 Å². The highest BCUT2D eigenvalue weighted by atomic mass is 32.1. The predicted molar refractivity (Wildman–Crippen MR) is 164 cm³/mol. The Bertz CT molecular complexity index is 1490. The summed E-state index contributed by atoms with van der Waals surface area (Å²) < 4.78 is 70.8. The maximum Gasteiger partial charge on any atom is 0.416 e. The molecular formula is C30H38F5N7O2S. The number of likely N-dealkylation sites (tertiary alicyclic amines) is 1. The number of benzene rings is 1. The number of thiazole rings is 1. The highest BCUT2D eigenvalue weighted by Crippen LogP contribution is 2.39. The number of hydrogen-bond donors (Lipinski definition) is 2. The minimum Gasteiger partial charge on any atom is -0.481 e. The van der Waals surface area contributed by atoms with E-state index in [-0.39, 0.29) is 47.3 Å². The first kappa shape index (κ1) is 34.4. The number of aromatic nitrogens is 3. The molecule has 5 rings (SSSR count). The van der Waals surface area contributed by atoms with Gasteiger partial charge in [-0.3, -0.25) is 14.6 Å². The SMILES string of the molecule is C.CC1(C)CCCN(Cc2sc(Nc3ncnc(N4CCN(CCC(=O)O)CC4)c3F)nc2-c2cc(F)cc(C(F)(F)F)c2)C1. The third-order valence-corrected chi connectivity index (χ3v) is 8.81. The van der Waals surface area contributed by atoms with Crippen molar-refractivity contribution in [2.45, 2.75) is 53.3 Å². The molecule has 45 heavy (non-hydrogen) atoms. The second-order valence-electron chi connectivity index (χ2n) is 12.0. The summed E-state index contributed by atoms with van der Waals surface area (Å²) in [5.74, 6) is -2.70. The number of anilines is 3. The van der Waals surface area contributed by atoms with Gasteiger partial charge in [0, 0.05) is 56.3 Å². The maximum absolute atomic E-state index is 15.7. The van der Waals surface area contributed by atoms with E-state index in [1.54, 1.807) is 4.90 Å². The van der Waals surface area contributed by atoms with Crippen LogP contribution in [0.25, 0.3) is 11.3 Å². The third-order valence-electron chi connectivity index (χ3n) is 7.85. The quantitative estimate of drug-likeness (QED) is 0.251. The van der Waals surface area contributed by atoms with Gasteiger partial charge in [0.15, 0.2) is 16.8 Å². The first-order chi connectivity index (χ1) is 20.8. The molecule has 2 aliphatic rings. The average Bonchev–Trinajstić information content (AvgIpc) is 3.34. The summed E-state index contributed by atoms with van der Waals surface area (Å²) in [5.41, 5.74) is -0.875. The van der Waals surface area contributed by atoms with Gasteiger partial charge >= 0.3 is 12.1 Å². The second kappa shape index (κ2) is 13.9. The first-order valence-electron chi connectivity index (χ1n) is 14.3. The number of nitrogens with one attached hydrogen (secondary N) is 1. The molecule has 0 bridgehead atoms. The molecule has 2 aliphatic heterocycles. The van der Waals surface area contributed by atoms with Gasteiger partial charge in [-0.05, 0) is 43.0 Å². The van der Waals surface area contributed by atoms with Gasteiger partial charge in [-0.25, -0.2) is 19.3 Å². The number of carbonyl (C=O) groups is 1. The van der Waals surface area contributed by atoms with Crippen LogP contribution in [0.15, 0.2) is 24.5 Å². The molecule has 1 aromatic carbocycles. The number of aliphatic carboxylic acids is 1. The summed E-state index contributed by atoms with van der Waals surface area (Å²) >= 11 is 1.16. The second-order valence-corrected chi connectivity index (χ2v) is 13.0. The lowest BCUT2D eigenvalue weighted by Crippen LogP contribution is -2.47. The predicted octanol–water partition coefficient (Wildman–Crippen LogP) is 6.50. The molecule has 0 spiro atoms.